The fourth-order valence-electron chi connectivity index (χ4n) is 2.90. The lowest BCUT2D eigenvalue weighted by molar-refractivity contribution is -0.148. The standard InChI is InChI=1S/C16H18N4O3/c1-11-13(17-18-20(11)12-6-3-2-4-7-12)10-15(21)19-9-5-8-14(19)16(22)23/h2-4,6-7,14H,5,8-10H2,1H3,(H,22,23)/t14-/m1/s1. The van der Waals surface area contributed by atoms with Crippen molar-refractivity contribution in [3.05, 3.63) is 41.7 Å². The zero-order valence-electron chi connectivity index (χ0n) is 12.8. The van der Waals surface area contributed by atoms with Crippen LogP contribution in [0.5, 0.6) is 0 Å². The van der Waals surface area contributed by atoms with Crippen molar-refractivity contribution in [1.82, 2.24) is 19.9 Å². The van der Waals surface area contributed by atoms with Crippen molar-refractivity contribution >= 4 is 11.9 Å². The van der Waals surface area contributed by atoms with Gasteiger partial charge in [-0.3, -0.25) is 4.79 Å². The minimum absolute atomic E-state index is 0.0719. The zero-order chi connectivity index (χ0) is 16.4. The molecule has 1 atom stereocenters. The van der Waals surface area contributed by atoms with Gasteiger partial charge in [0.2, 0.25) is 5.91 Å². The van der Waals surface area contributed by atoms with Crippen molar-refractivity contribution in [3.63, 3.8) is 0 Å². The molecule has 120 valence electrons. The Morgan fingerprint density at radius 3 is 2.74 bits per heavy atom. The monoisotopic (exact) mass is 314 g/mol. The van der Waals surface area contributed by atoms with Crippen LogP contribution in [0.3, 0.4) is 0 Å². The number of aliphatic carboxylic acids is 1. The number of aromatic nitrogens is 3. The quantitative estimate of drug-likeness (QED) is 0.916. The average Bonchev–Trinajstić information content (AvgIpc) is 3.16. The maximum atomic E-state index is 12.4. The van der Waals surface area contributed by atoms with Crippen molar-refractivity contribution in [2.45, 2.75) is 32.2 Å². The second kappa shape index (κ2) is 6.20. The molecule has 0 saturated carbocycles. The molecule has 1 saturated heterocycles. The summed E-state index contributed by atoms with van der Waals surface area (Å²) in [6, 6.07) is 8.83. The predicted octanol–water partition coefficient (Wildman–Crippen LogP) is 1.19. The minimum atomic E-state index is -0.944. The summed E-state index contributed by atoms with van der Waals surface area (Å²) in [5.41, 5.74) is 2.24. The van der Waals surface area contributed by atoms with Crippen LogP contribution in [-0.4, -0.2) is 49.5 Å². The number of rotatable bonds is 4. The van der Waals surface area contributed by atoms with Crippen LogP contribution in [0.15, 0.2) is 30.3 Å². The van der Waals surface area contributed by atoms with Crippen LogP contribution in [0, 0.1) is 6.92 Å². The molecule has 1 N–H and O–H groups in total. The third-order valence-corrected chi connectivity index (χ3v) is 4.17. The highest BCUT2D eigenvalue weighted by atomic mass is 16.4. The molecule has 2 aromatic rings. The van der Waals surface area contributed by atoms with E-state index in [9.17, 15) is 14.7 Å². The molecule has 0 spiro atoms. The lowest BCUT2D eigenvalue weighted by Crippen LogP contribution is -2.41. The van der Waals surface area contributed by atoms with Crippen LogP contribution < -0.4 is 0 Å². The van der Waals surface area contributed by atoms with Gasteiger partial charge in [0.05, 0.1) is 23.5 Å². The molecular formula is C16H18N4O3. The summed E-state index contributed by atoms with van der Waals surface area (Å²) in [5.74, 6) is -1.15. The average molecular weight is 314 g/mol. The van der Waals surface area contributed by atoms with E-state index in [4.69, 9.17) is 0 Å². The molecular weight excluding hydrogens is 296 g/mol. The molecule has 7 heteroatoms. The van der Waals surface area contributed by atoms with Gasteiger partial charge in [-0.2, -0.15) is 0 Å². The van der Waals surface area contributed by atoms with Gasteiger partial charge in [-0.05, 0) is 31.9 Å². The van der Waals surface area contributed by atoms with Crippen LogP contribution in [0.2, 0.25) is 0 Å². The molecule has 2 heterocycles. The van der Waals surface area contributed by atoms with Crippen molar-refractivity contribution in [1.29, 1.82) is 0 Å². The molecule has 7 nitrogen and oxygen atoms in total. The summed E-state index contributed by atoms with van der Waals surface area (Å²) in [6.07, 6.45) is 1.30. The van der Waals surface area contributed by atoms with E-state index in [1.54, 1.807) is 4.68 Å². The maximum absolute atomic E-state index is 12.4. The number of carbonyl (C=O) groups is 2. The van der Waals surface area contributed by atoms with Gasteiger partial charge in [0.15, 0.2) is 0 Å². The Labute approximate surface area is 133 Å². The Balaban J connectivity index is 1.78. The number of carboxylic acids is 1. The van der Waals surface area contributed by atoms with Crippen LogP contribution in [0.25, 0.3) is 5.69 Å². The molecule has 1 aromatic carbocycles. The summed E-state index contributed by atoms with van der Waals surface area (Å²) in [6.45, 7) is 2.34. The first kappa shape index (κ1) is 15.2. The van der Waals surface area contributed by atoms with Crippen molar-refractivity contribution in [2.24, 2.45) is 0 Å². The molecule has 1 amide bonds. The summed E-state index contributed by atoms with van der Waals surface area (Å²) in [5, 5.41) is 17.4. The lowest BCUT2D eigenvalue weighted by atomic mass is 10.2. The second-order valence-electron chi connectivity index (χ2n) is 5.63. The zero-order valence-corrected chi connectivity index (χ0v) is 12.8. The molecule has 1 aromatic heterocycles. The van der Waals surface area contributed by atoms with Crippen LogP contribution in [0.4, 0.5) is 0 Å². The van der Waals surface area contributed by atoms with E-state index >= 15 is 0 Å². The number of para-hydroxylation sites is 1. The number of benzene rings is 1. The first-order chi connectivity index (χ1) is 11.1. The van der Waals surface area contributed by atoms with Gasteiger partial charge in [-0.1, -0.05) is 23.4 Å². The second-order valence-corrected chi connectivity index (χ2v) is 5.63. The summed E-state index contributed by atoms with van der Waals surface area (Å²) in [4.78, 5) is 25.0. The molecule has 0 aliphatic carbocycles. The fourth-order valence-corrected chi connectivity index (χ4v) is 2.90. The van der Waals surface area contributed by atoms with Gasteiger partial charge in [0, 0.05) is 6.54 Å². The number of amides is 1. The lowest BCUT2D eigenvalue weighted by Gasteiger charge is -2.20. The highest BCUT2D eigenvalue weighted by molar-refractivity contribution is 5.85. The van der Waals surface area contributed by atoms with Crippen molar-refractivity contribution in [2.75, 3.05) is 6.54 Å². The number of carboxylic acid groups (broad SMARTS) is 1. The van der Waals surface area contributed by atoms with E-state index in [2.05, 4.69) is 10.3 Å². The molecule has 0 radical (unpaired) electrons. The minimum Gasteiger partial charge on any atom is -0.480 e. The summed E-state index contributed by atoms with van der Waals surface area (Å²) < 4.78 is 1.68. The Morgan fingerprint density at radius 2 is 2.04 bits per heavy atom. The number of carbonyl (C=O) groups excluding carboxylic acids is 1. The third-order valence-electron chi connectivity index (χ3n) is 4.17. The van der Waals surface area contributed by atoms with Crippen LogP contribution in [-0.2, 0) is 16.0 Å². The van der Waals surface area contributed by atoms with E-state index in [-0.39, 0.29) is 12.3 Å². The third kappa shape index (κ3) is 2.94. The van der Waals surface area contributed by atoms with Gasteiger partial charge >= 0.3 is 5.97 Å². The van der Waals surface area contributed by atoms with E-state index in [1.165, 1.54) is 4.90 Å². The summed E-state index contributed by atoms with van der Waals surface area (Å²) in [7, 11) is 0. The van der Waals surface area contributed by atoms with E-state index < -0.39 is 12.0 Å². The largest absolute Gasteiger partial charge is 0.480 e. The summed E-state index contributed by atoms with van der Waals surface area (Å²) >= 11 is 0. The Bertz CT molecular complexity index is 726. The smallest absolute Gasteiger partial charge is 0.326 e. The molecule has 0 unspecified atom stereocenters. The Kier molecular flexibility index (Phi) is 4.10. The molecule has 1 aliphatic heterocycles. The fraction of sp³-hybridized carbons (Fsp3) is 0.375. The van der Waals surface area contributed by atoms with Gasteiger partial charge < -0.3 is 10.0 Å². The van der Waals surface area contributed by atoms with E-state index in [1.807, 2.05) is 37.3 Å². The Morgan fingerprint density at radius 1 is 1.30 bits per heavy atom. The van der Waals surface area contributed by atoms with Gasteiger partial charge in [-0.15, -0.1) is 5.10 Å². The first-order valence-electron chi connectivity index (χ1n) is 7.57. The number of nitrogens with zero attached hydrogens (tertiary/aromatic N) is 4. The van der Waals surface area contributed by atoms with Crippen molar-refractivity contribution < 1.29 is 14.7 Å². The van der Waals surface area contributed by atoms with Crippen LogP contribution >= 0.6 is 0 Å². The van der Waals surface area contributed by atoms with Gasteiger partial charge in [0.25, 0.3) is 0 Å². The SMILES string of the molecule is Cc1c(CC(=O)N2CCC[C@@H]2C(=O)O)nnn1-c1ccccc1. The van der Waals surface area contributed by atoms with Gasteiger partial charge in [0.1, 0.15) is 6.04 Å². The maximum Gasteiger partial charge on any atom is 0.326 e. The predicted molar refractivity (Wildman–Crippen MR) is 82.2 cm³/mol. The van der Waals surface area contributed by atoms with E-state index in [0.29, 0.717) is 18.7 Å². The number of hydrogen-bond donors (Lipinski definition) is 1. The van der Waals surface area contributed by atoms with Gasteiger partial charge in [-0.25, -0.2) is 9.48 Å². The highest BCUT2D eigenvalue weighted by Crippen LogP contribution is 2.19. The Hall–Kier alpha value is -2.70. The first-order valence-corrected chi connectivity index (χ1v) is 7.57. The topological polar surface area (TPSA) is 88.3 Å². The normalized spacial score (nSPS) is 17.4. The molecule has 23 heavy (non-hydrogen) atoms. The molecule has 1 fully saturated rings. The molecule has 3 rings (SSSR count). The highest BCUT2D eigenvalue weighted by Gasteiger charge is 2.34. The molecule has 1 aliphatic rings. The van der Waals surface area contributed by atoms with Crippen LogP contribution in [0.1, 0.15) is 24.2 Å². The number of likely N-dealkylation sites (tertiary alicyclic amines) is 1. The number of hydrogen-bond acceptors (Lipinski definition) is 4. The molecule has 0 bridgehead atoms. The van der Waals surface area contributed by atoms with E-state index in [0.717, 1.165) is 17.8 Å². The van der Waals surface area contributed by atoms with Crippen molar-refractivity contribution in [3.8, 4) is 5.69 Å².